The summed E-state index contributed by atoms with van der Waals surface area (Å²) in [6, 6.07) is 6.86. The first-order valence-electron chi connectivity index (χ1n) is 7.47. The van der Waals surface area contributed by atoms with Crippen molar-refractivity contribution >= 4 is 17.5 Å². The molecule has 1 saturated heterocycles. The Kier molecular flexibility index (Phi) is 4.68. The van der Waals surface area contributed by atoms with Gasteiger partial charge >= 0.3 is 0 Å². The molecule has 1 aliphatic rings. The van der Waals surface area contributed by atoms with Crippen molar-refractivity contribution in [2.24, 2.45) is 0 Å². The van der Waals surface area contributed by atoms with Gasteiger partial charge in [-0.2, -0.15) is 0 Å². The number of anilines is 1. The number of hydrogen-bond donors (Lipinski definition) is 1. The molecule has 3 heterocycles. The number of hydrogen-bond acceptors (Lipinski definition) is 5. The molecule has 2 aromatic rings. The van der Waals surface area contributed by atoms with Gasteiger partial charge in [-0.25, -0.2) is 0 Å². The van der Waals surface area contributed by atoms with Gasteiger partial charge in [0, 0.05) is 44.3 Å². The molecule has 1 N–H and O–H groups in total. The van der Waals surface area contributed by atoms with Crippen LogP contribution in [0.3, 0.4) is 0 Å². The molecule has 0 aromatic carbocycles. The van der Waals surface area contributed by atoms with Crippen molar-refractivity contribution in [2.75, 3.05) is 38.0 Å². The Labute approximate surface area is 133 Å². The number of furan rings is 1. The van der Waals surface area contributed by atoms with E-state index in [0.29, 0.717) is 38.5 Å². The molecule has 0 spiro atoms. The number of pyridine rings is 1. The third kappa shape index (κ3) is 3.95. The lowest BCUT2D eigenvalue weighted by Gasteiger charge is -2.33. The van der Waals surface area contributed by atoms with E-state index in [1.807, 2.05) is 4.90 Å². The minimum absolute atomic E-state index is 0.0676. The van der Waals surface area contributed by atoms with Crippen molar-refractivity contribution in [2.45, 2.75) is 0 Å². The van der Waals surface area contributed by atoms with E-state index in [9.17, 15) is 9.59 Å². The summed E-state index contributed by atoms with van der Waals surface area (Å²) >= 11 is 0. The van der Waals surface area contributed by atoms with Crippen molar-refractivity contribution < 1.29 is 14.0 Å². The van der Waals surface area contributed by atoms with Crippen LogP contribution in [0.4, 0.5) is 5.69 Å². The monoisotopic (exact) mass is 314 g/mol. The average molecular weight is 314 g/mol. The molecule has 2 aromatic heterocycles. The van der Waals surface area contributed by atoms with Crippen molar-refractivity contribution in [1.82, 2.24) is 14.8 Å². The third-order valence-corrected chi connectivity index (χ3v) is 3.72. The van der Waals surface area contributed by atoms with Crippen molar-refractivity contribution in [3.63, 3.8) is 0 Å². The molecule has 3 rings (SSSR count). The smallest absolute Gasteiger partial charge is 0.289 e. The number of nitrogens with one attached hydrogen (secondary N) is 1. The summed E-state index contributed by atoms with van der Waals surface area (Å²) in [5.74, 6) is 0.187. The van der Waals surface area contributed by atoms with Crippen molar-refractivity contribution in [1.29, 1.82) is 0 Å². The molecule has 1 fully saturated rings. The topological polar surface area (TPSA) is 78.7 Å². The summed E-state index contributed by atoms with van der Waals surface area (Å²) < 4.78 is 5.13. The van der Waals surface area contributed by atoms with Gasteiger partial charge in [-0.3, -0.25) is 19.5 Å². The fourth-order valence-corrected chi connectivity index (χ4v) is 2.50. The first-order chi connectivity index (χ1) is 11.2. The Morgan fingerprint density at radius 1 is 1.13 bits per heavy atom. The molecule has 7 heteroatoms. The van der Waals surface area contributed by atoms with Gasteiger partial charge in [0.05, 0.1) is 12.8 Å². The summed E-state index contributed by atoms with van der Waals surface area (Å²) in [4.78, 5) is 31.9. The number of aromatic nitrogens is 1. The van der Waals surface area contributed by atoms with Crippen LogP contribution in [0.15, 0.2) is 47.3 Å². The molecule has 0 aliphatic carbocycles. The lowest BCUT2D eigenvalue weighted by molar-refractivity contribution is -0.117. The second kappa shape index (κ2) is 7.06. The lowest BCUT2D eigenvalue weighted by atomic mass is 10.2. The predicted octanol–water partition coefficient (Wildman–Crippen LogP) is 1.07. The zero-order valence-corrected chi connectivity index (χ0v) is 12.6. The van der Waals surface area contributed by atoms with E-state index >= 15 is 0 Å². The molecule has 2 amide bonds. The van der Waals surface area contributed by atoms with Crippen molar-refractivity contribution in [3.8, 4) is 0 Å². The summed E-state index contributed by atoms with van der Waals surface area (Å²) in [5.41, 5.74) is 0.733. The van der Waals surface area contributed by atoms with E-state index in [4.69, 9.17) is 4.42 Å². The van der Waals surface area contributed by atoms with Crippen LogP contribution < -0.4 is 5.32 Å². The molecule has 0 atom stereocenters. The van der Waals surface area contributed by atoms with Gasteiger partial charge in [-0.1, -0.05) is 0 Å². The number of nitrogens with zero attached hydrogens (tertiary/aromatic N) is 3. The molecule has 0 bridgehead atoms. The van der Waals surface area contributed by atoms with Gasteiger partial charge < -0.3 is 14.6 Å². The highest BCUT2D eigenvalue weighted by molar-refractivity contribution is 5.92. The Balaban J connectivity index is 1.46. The minimum atomic E-state index is -0.101. The molecule has 120 valence electrons. The summed E-state index contributed by atoms with van der Waals surface area (Å²) in [5, 5.41) is 2.83. The summed E-state index contributed by atoms with van der Waals surface area (Å²) in [6.07, 6.45) is 4.76. The maximum atomic E-state index is 12.2. The first kappa shape index (κ1) is 15.2. The summed E-state index contributed by atoms with van der Waals surface area (Å²) in [7, 11) is 0. The van der Waals surface area contributed by atoms with E-state index in [1.54, 1.807) is 41.6 Å². The SMILES string of the molecule is O=C(CN1CCN(C(=O)c2ccco2)CC1)Nc1ccncc1. The van der Waals surface area contributed by atoms with Crippen LogP contribution in [0, 0.1) is 0 Å². The highest BCUT2D eigenvalue weighted by Crippen LogP contribution is 2.10. The van der Waals surface area contributed by atoms with Crippen LogP contribution in [-0.2, 0) is 4.79 Å². The second-order valence-corrected chi connectivity index (χ2v) is 5.33. The zero-order valence-electron chi connectivity index (χ0n) is 12.6. The second-order valence-electron chi connectivity index (χ2n) is 5.33. The maximum Gasteiger partial charge on any atom is 0.289 e. The van der Waals surface area contributed by atoms with Crippen LogP contribution in [0.25, 0.3) is 0 Å². The number of piperazine rings is 1. The van der Waals surface area contributed by atoms with E-state index in [1.165, 1.54) is 6.26 Å². The number of amides is 2. The van der Waals surface area contributed by atoms with Crippen LogP contribution in [0.2, 0.25) is 0 Å². The number of carbonyl (C=O) groups excluding carboxylic acids is 2. The van der Waals surface area contributed by atoms with Crippen LogP contribution in [0.1, 0.15) is 10.6 Å². The molecular weight excluding hydrogens is 296 g/mol. The van der Waals surface area contributed by atoms with Crippen LogP contribution in [-0.4, -0.2) is 59.3 Å². The minimum Gasteiger partial charge on any atom is -0.459 e. The van der Waals surface area contributed by atoms with E-state index in [-0.39, 0.29) is 11.8 Å². The van der Waals surface area contributed by atoms with Crippen molar-refractivity contribution in [3.05, 3.63) is 48.7 Å². The zero-order chi connectivity index (χ0) is 16.1. The molecule has 0 saturated carbocycles. The maximum absolute atomic E-state index is 12.2. The Morgan fingerprint density at radius 3 is 2.52 bits per heavy atom. The standard InChI is InChI=1S/C16H18N4O3/c21-15(18-13-3-5-17-6-4-13)12-19-7-9-20(10-8-19)16(22)14-2-1-11-23-14/h1-6,11H,7-10,12H2,(H,17,18,21). The first-order valence-corrected chi connectivity index (χ1v) is 7.47. The molecule has 0 radical (unpaired) electrons. The number of carbonyl (C=O) groups is 2. The average Bonchev–Trinajstić information content (AvgIpc) is 3.10. The molecule has 7 nitrogen and oxygen atoms in total. The van der Waals surface area contributed by atoms with Gasteiger partial charge in [0.25, 0.3) is 5.91 Å². The normalized spacial score (nSPS) is 15.4. The largest absolute Gasteiger partial charge is 0.459 e. The number of rotatable bonds is 4. The molecule has 1 aliphatic heterocycles. The fraction of sp³-hybridized carbons (Fsp3) is 0.312. The van der Waals surface area contributed by atoms with Gasteiger partial charge in [0.2, 0.25) is 5.91 Å². The highest BCUT2D eigenvalue weighted by atomic mass is 16.3. The van der Waals surface area contributed by atoms with E-state index in [2.05, 4.69) is 10.3 Å². The molecule has 23 heavy (non-hydrogen) atoms. The Hall–Kier alpha value is -2.67. The predicted molar refractivity (Wildman–Crippen MR) is 83.9 cm³/mol. The van der Waals surface area contributed by atoms with Gasteiger partial charge in [-0.05, 0) is 24.3 Å². The lowest BCUT2D eigenvalue weighted by Crippen LogP contribution is -2.50. The van der Waals surface area contributed by atoms with Crippen LogP contribution in [0.5, 0.6) is 0 Å². The highest BCUT2D eigenvalue weighted by Gasteiger charge is 2.24. The van der Waals surface area contributed by atoms with E-state index < -0.39 is 0 Å². The van der Waals surface area contributed by atoms with Gasteiger partial charge in [0.1, 0.15) is 0 Å². The van der Waals surface area contributed by atoms with E-state index in [0.717, 1.165) is 5.69 Å². The van der Waals surface area contributed by atoms with Gasteiger partial charge in [0.15, 0.2) is 5.76 Å². The molecular formula is C16H18N4O3. The quantitative estimate of drug-likeness (QED) is 0.913. The Morgan fingerprint density at radius 2 is 1.87 bits per heavy atom. The summed E-state index contributed by atoms with van der Waals surface area (Å²) in [6.45, 7) is 2.81. The van der Waals surface area contributed by atoms with Crippen LogP contribution >= 0.6 is 0 Å². The third-order valence-electron chi connectivity index (χ3n) is 3.72. The fourth-order valence-electron chi connectivity index (χ4n) is 2.50. The Bertz CT molecular complexity index is 649. The van der Waals surface area contributed by atoms with Gasteiger partial charge in [-0.15, -0.1) is 0 Å². The molecule has 0 unspecified atom stereocenters.